The number of nitrogens with zero attached hydrogens (tertiary/aromatic N) is 1. The monoisotopic (exact) mass is 1320 g/mol. The largest absolute Gasteiger partial charge is 0.508 e. The van der Waals surface area contributed by atoms with E-state index in [1.165, 1.54) is 24.3 Å². The fourth-order valence-electron chi connectivity index (χ4n) is 9.94. The summed E-state index contributed by atoms with van der Waals surface area (Å²) < 4.78 is 0. The van der Waals surface area contributed by atoms with Crippen molar-refractivity contribution in [1.82, 2.24) is 52.8 Å². The fraction of sp³-hybridized carbons (Fsp3) is 0.391. The lowest BCUT2D eigenvalue weighted by molar-refractivity contribution is -0.136. The van der Waals surface area contributed by atoms with Gasteiger partial charge in [0.25, 0.3) is 0 Å². The zero-order valence-electron chi connectivity index (χ0n) is 52.6. The van der Waals surface area contributed by atoms with Crippen molar-refractivity contribution in [2.75, 3.05) is 19.7 Å². The van der Waals surface area contributed by atoms with Crippen LogP contribution in [-0.4, -0.2) is 166 Å². The summed E-state index contributed by atoms with van der Waals surface area (Å²) in [5, 5.41) is 43.2. The smallest absolute Gasteiger partial charge is 0.245 e. The average Bonchev–Trinajstić information content (AvgIpc) is 1.72. The molecule has 5 aromatic rings. The summed E-state index contributed by atoms with van der Waals surface area (Å²) in [6.07, 6.45) is 0.185. The van der Waals surface area contributed by atoms with Crippen LogP contribution in [0.25, 0.3) is 10.9 Å². The predicted octanol–water partition coefficient (Wildman–Crippen LogP) is -3.82. The van der Waals surface area contributed by atoms with Crippen LogP contribution >= 0.6 is 0 Å². The molecular formula is C64H85N17O14. The van der Waals surface area contributed by atoms with E-state index in [4.69, 9.17) is 34.4 Å². The maximum Gasteiger partial charge on any atom is 0.245 e. The van der Waals surface area contributed by atoms with E-state index in [0.29, 0.717) is 46.0 Å². The molecule has 12 amide bonds. The number of aliphatic hydroxyl groups excluding tert-OH is 1. The van der Waals surface area contributed by atoms with Gasteiger partial charge in [0.15, 0.2) is 5.96 Å². The molecule has 31 heteroatoms. The number of amides is 12. The van der Waals surface area contributed by atoms with Crippen molar-refractivity contribution in [2.24, 2.45) is 45.3 Å². The summed E-state index contributed by atoms with van der Waals surface area (Å²) >= 11 is 0. The topological polar surface area (TPSA) is 538 Å². The number of hydrogen-bond acceptors (Lipinski definition) is 16. The maximum atomic E-state index is 14.5. The van der Waals surface area contributed by atoms with Gasteiger partial charge in [0.2, 0.25) is 70.9 Å². The fourth-order valence-corrected chi connectivity index (χ4v) is 9.94. The van der Waals surface area contributed by atoms with Gasteiger partial charge in [0.1, 0.15) is 54.1 Å². The number of phenols is 1. The molecule has 0 fully saturated rings. The summed E-state index contributed by atoms with van der Waals surface area (Å²) in [4.78, 5) is 170. The second-order valence-corrected chi connectivity index (χ2v) is 23.0. The first kappa shape index (κ1) is 74.8. The molecule has 31 nitrogen and oxygen atoms in total. The number of rotatable bonds is 39. The Labute approximate surface area is 547 Å². The molecule has 0 aliphatic rings. The summed E-state index contributed by atoms with van der Waals surface area (Å²) in [5.41, 5.74) is 36.7. The van der Waals surface area contributed by atoms with Crippen LogP contribution in [0.3, 0.4) is 0 Å². The molecule has 0 spiro atoms. The second-order valence-electron chi connectivity index (χ2n) is 23.0. The summed E-state index contributed by atoms with van der Waals surface area (Å²) in [6.45, 7) is 1.89. The number of benzene rings is 4. The zero-order valence-corrected chi connectivity index (χ0v) is 52.6. The van der Waals surface area contributed by atoms with Crippen molar-refractivity contribution in [3.8, 4) is 5.75 Å². The molecule has 9 atom stereocenters. The molecule has 0 radical (unpaired) electrons. The minimum Gasteiger partial charge on any atom is -0.508 e. The van der Waals surface area contributed by atoms with Crippen LogP contribution in [0.4, 0.5) is 0 Å². The van der Waals surface area contributed by atoms with Gasteiger partial charge >= 0.3 is 0 Å². The Morgan fingerprint density at radius 1 is 0.484 bits per heavy atom. The standard InChI is InChI=1S/C64H85N17O14/c1-35(2)25-46(59(91)75-44(19-11-12-24-71-64(69)70)58(90)76-45(55(68)87)27-36-13-5-3-6-14-36)74-54(86)33-73-57(89)47(28-37-15-7-4-8-16-37)78-63(95)51(34-82)81-62(94)50(31-53(67)85)80-60(92)48(29-39-32-72-43-18-10-9-17-41(39)43)79-61(93)49(30-52(66)84)77-56(88)42(65)26-38-20-22-40(83)23-21-38/h3-10,13-18,20-23,32,35,42,44-51,72,82-83H,11-12,19,24-31,33-34,65H2,1-2H3,(H2,66,84)(H2,67,85)(H2,68,87)(H,73,89)(H,74,86)(H,75,91)(H,76,90)(H,77,88)(H,78,95)(H,79,93)(H,80,92)(H,81,94)(H4,69,70,71)/t42-,44-,45-,46-,47-,48-,49-,50-,51-/m0/s1. The first-order valence-electron chi connectivity index (χ1n) is 30.6. The molecule has 95 heavy (non-hydrogen) atoms. The Bertz CT molecular complexity index is 3490. The third-order valence-electron chi connectivity index (χ3n) is 14.8. The number of H-pyrrole nitrogens is 1. The number of nitrogens with two attached hydrogens (primary N) is 6. The van der Waals surface area contributed by atoms with Crippen molar-refractivity contribution in [3.63, 3.8) is 0 Å². The molecule has 0 saturated heterocycles. The molecule has 0 saturated carbocycles. The van der Waals surface area contributed by atoms with E-state index >= 15 is 0 Å². The number of aromatic nitrogens is 1. The van der Waals surface area contributed by atoms with Gasteiger partial charge in [-0.25, -0.2) is 0 Å². The number of aliphatic hydroxyl groups is 1. The van der Waals surface area contributed by atoms with E-state index in [1.54, 1.807) is 105 Å². The number of phenolic OH excluding ortho intramolecular Hbond substituents is 1. The summed E-state index contributed by atoms with van der Waals surface area (Å²) in [5.74, 6) is -12.2. The zero-order chi connectivity index (χ0) is 69.7. The van der Waals surface area contributed by atoms with Crippen molar-refractivity contribution in [3.05, 3.63) is 138 Å². The van der Waals surface area contributed by atoms with Gasteiger partial charge in [0, 0.05) is 42.9 Å². The summed E-state index contributed by atoms with van der Waals surface area (Å²) in [7, 11) is 0. The third-order valence-corrected chi connectivity index (χ3v) is 14.8. The van der Waals surface area contributed by atoms with E-state index in [9.17, 15) is 67.7 Å². The molecule has 1 heterocycles. The number of unbranched alkanes of at least 4 members (excludes halogenated alkanes) is 1. The Kier molecular flexibility index (Phi) is 29.5. The number of carbonyl (C=O) groups excluding carboxylic acids is 12. The highest BCUT2D eigenvalue weighted by atomic mass is 16.3. The average molecular weight is 1320 g/mol. The normalized spacial score (nSPS) is 13.9. The number of primary amides is 3. The van der Waals surface area contributed by atoms with Crippen LogP contribution in [0.1, 0.15) is 74.6 Å². The van der Waals surface area contributed by atoms with Gasteiger partial charge in [-0.1, -0.05) is 105 Å². The van der Waals surface area contributed by atoms with Crippen molar-refractivity contribution >= 4 is 87.7 Å². The van der Waals surface area contributed by atoms with Crippen LogP contribution in [0, 0.1) is 5.92 Å². The van der Waals surface area contributed by atoms with Gasteiger partial charge in [-0.2, -0.15) is 0 Å². The van der Waals surface area contributed by atoms with Crippen LogP contribution in [0.5, 0.6) is 5.75 Å². The van der Waals surface area contributed by atoms with Gasteiger partial charge < -0.3 is 97.5 Å². The van der Waals surface area contributed by atoms with E-state index < -0.39 is 151 Å². The lowest BCUT2D eigenvalue weighted by Gasteiger charge is -2.27. The number of guanidine groups is 1. The molecule has 0 bridgehead atoms. The van der Waals surface area contributed by atoms with E-state index in [0.717, 1.165) is 0 Å². The van der Waals surface area contributed by atoms with E-state index in [2.05, 4.69) is 57.8 Å². The van der Waals surface area contributed by atoms with Crippen LogP contribution < -0.4 is 82.3 Å². The number of aromatic amines is 1. The van der Waals surface area contributed by atoms with Crippen LogP contribution in [0.15, 0.2) is 120 Å². The molecule has 24 N–H and O–H groups in total. The molecule has 510 valence electrons. The number of nitrogens with one attached hydrogen (secondary N) is 10. The molecule has 5 rings (SSSR count). The minimum absolute atomic E-state index is 0.0347. The van der Waals surface area contributed by atoms with E-state index in [-0.39, 0.29) is 62.7 Å². The van der Waals surface area contributed by atoms with Crippen molar-refractivity contribution in [2.45, 2.75) is 132 Å². The Balaban J connectivity index is 1.30. The third kappa shape index (κ3) is 25.6. The number of fused-ring (bicyclic) bond motifs is 1. The first-order chi connectivity index (χ1) is 45.2. The molecule has 1 aromatic heterocycles. The number of aromatic hydroxyl groups is 1. The highest BCUT2D eigenvalue weighted by Gasteiger charge is 2.36. The van der Waals surface area contributed by atoms with Crippen molar-refractivity contribution in [1.29, 1.82) is 0 Å². The van der Waals surface area contributed by atoms with Gasteiger partial charge in [0.05, 0.1) is 32.0 Å². The maximum absolute atomic E-state index is 14.5. The number of hydrogen-bond donors (Lipinski definition) is 18. The van der Waals surface area contributed by atoms with E-state index in [1.807, 2.05) is 0 Å². The Morgan fingerprint density at radius 2 is 0.947 bits per heavy atom. The minimum atomic E-state index is -1.91. The number of carbonyl (C=O) groups is 12. The summed E-state index contributed by atoms with van der Waals surface area (Å²) in [6, 6.07) is 16.1. The van der Waals surface area contributed by atoms with Gasteiger partial charge in [-0.3, -0.25) is 62.5 Å². The molecule has 0 unspecified atom stereocenters. The molecule has 0 aliphatic heterocycles. The Morgan fingerprint density at radius 3 is 1.51 bits per heavy atom. The number of aliphatic imine (C=N–C) groups is 1. The quantitative estimate of drug-likeness (QED) is 0.0102. The lowest BCUT2D eigenvalue weighted by atomic mass is 10.0. The number of para-hydroxylation sites is 1. The highest BCUT2D eigenvalue weighted by molar-refractivity contribution is 6.00. The molecular weight excluding hydrogens is 1230 g/mol. The van der Waals surface area contributed by atoms with Gasteiger partial charge in [-0.15, -0.1) is 0 Å². The lowest BCUT2D eigenvalue weighted by Crippen LogP contribution is -2.61. The Hall–Kier alpha value is -11.0. The van der Waals surface area contributed by atoms with Crippen LogP contribution in [-0.2, 0) is 83.2 Å². The SMILES string of the molecule is CC(C)C[C@H](NC(=O)CNC(=O)[C@H](Cc1ccccc1)NC(=O)[C@H](CO)NC(=O)[C@H](CC(N)=O)NC(=O)[C@H](Cc1c[nH]c2ccccc12)NC(=O)[C@H](CC(N)=O)NC(=O)[C@@H](N)Cc1ccc(O)cc1)C(=O)N[C@@H](CCCCN=C(N)N)C(=O)N[C@@H](Cc1ccccc1)C(N)=O. The first-order valence-corrected chi connectivity index (χ1v) is 30.6. The predicted molar refractivity (Wildman–Crippen MR) is 348 cm³/mol. The van der Waals surface area contributed by atoms with Crippen molar-refractivity contribution < 1.29 is 67.7 Å². The molecule has 4 aromatic carbocycles. The molecule has 0 aliphatic carbocycles. The second kappa shape index (κ2) is 37.5. The van der Waals surface area contributed by atoms with Crippen LogP contribution in [0.2, 0.25) is 0 Å². The van der Waals surface area contributed by atoms with Gasteiger partial charge in [-0.05, 0) is 78.5 Å². The highest BCUT2D eigenvalue weighted by Crippen LogP contribution is 2.20.